The van der Waals surface area contributed by atoms with Crippen molar-refractivity contribution in [2.75, 3.05) is 12.4 Å². The maximum atomic E-state index is 14.0. The Kier molecular flexibility index (Phi) is 6.86. The number of halogens is 3. The Labute approximate surface area is 222 Å². The molecule has 0 atom stereocenters. The Bertz CT molecular complexity index is 1670. The highest BCUT2D eigenvalue weighted by atomic mass is 19.4. The van der Waals surface area contributed by atoms with Gasteiger partial charge in [-0.3, -0.25) is 4.79 Å². The summed E-state index contributed by atoms with van der Waals surface area (Å²) < 4.78 is 49.3. The second kappa shape index (κ2) is 10.3. The van der Waals surface area contributed by atoms with Crippen LogP contribution in [0.3, 0.4) is 0 Å². The van der Waals surface area contributed by atoms with Gasteiger partial charge in [0.1, 0.15) is 11.4 Å². The van der Waals surface area contributed by atoms with Gasteiger partial charge in [-0.1, -0.05) is 30.7 Å². The lowest BCUT2D eigenvalue weighted by molar-refractivity contribution is -0.138. The molecular weight excluding hydrogens is 507 g/mol. The normalized spacial score (nSPS) is 11.6. The van der Waals surface area contributed by atoms with Gasteiger partial charge in [-0.2, -0.15) is 13.2 Å². The van der Waals surface area contributed by atoms with Crippen molar-refractivity contribution in [3.63, 3.8) is 0 Å². The van der Waals surface area contributed by atoms with E-state index >= 15 is 0 Å². The van der Waals surface area contributed by atoms with E-state index in [4.69, 9.17) is 4.74 Å². The zero-order chi connectivity index (χ0) is 27.7. The number of aromatic amines is 1. The van der Waals surface area contributed by atoms with Crippen molar-refractivity contribution in [2.24, 2.45) is 0 Å². The molecule has 0 spiro atoms. The number of anilines is 1. The van der Waals surface area contributed by atoms with Crippen LogP contribution >= 0.6 is 0 Å². The summed E-state index contributed by atoms with van der Waals surface area (Å²) in [5.74, 6) is -0.0142. The molecule has 0 saturated heterocycles. The highest BCUT2D eigenvalue weighted by Gasteiger charge is 2.34. The Morgan fingerprint density at radius 1 is 1.10 bits per heavy atom. The Hall–Kier alpha value is -4.60. The van der Waals surface area contributed by atoms with Crippen LogP contribution in [0, 0.1) is 6.92 Å². The zero-order valence-corrected chi connectivity index (χ0v) is 21.6. The molecule has 0 bridgehead atoms. The van der Waals surface area contributed by atoms with Crippen molar-refractivity contribution in [1.29, 1.82) is 0 Å². The van der Waals surface area contributed by atoms with Crippen molar-refractivity contribution >= 4 is 22.6 Å². The quantitative estimate of drug-likeness (QED) is 0.246. The van der Waals surface area contributed by atoms with E-state index in [0.717, 1.165) is 22.7 Å². The van der Waals surface area contributed by atoms with Gasteiger partial charge in [0.15, 0.2) is 0 Å². The molecule has 0 unspecified atom stereocenters. The molecule has 0 aliphatic heterocycles. The van der Waals surface area contributed by atoms with Crippen molar-refractivity contribution in [3.05, 3.63) is 95.3 Å². The number of rotatable bonds is 7. The van der Waals surface area contributed by atoms with Gasteiger partial charge in [0, 0.05) is 41.9 Å². The molecule has 0 fully saturated rings. The first kappa shape index (κ1) is 26.0. The van der Waals surface area contributed by atoms with Gasteiger partial charge in [0.05, 0.1) is 30.1 Å². The van der Waals surface area contributed by atoms with E-state index in [1.54, 1.807) is 35.3 Å². The van der Waals surface area contributed by atoms with Crippen LogP contribution in [0.15, 0.2) is 67.4 Å². The van der Waals surface area contributed by atoms with E-state index in [2.05, 4.69) is 20.3 Å². The number of imidazole rings is 1. The monoisotopic (exact) mass is 533 g/mol. The molecule has 7 nitrogen and oxygen atoms in total. The topological polar surface area (TPSA) is 84.8 Å². The number of hydrogen-bond donors (Lipinski definition) is 2. The fraction of sp³-hybridized carbons (Fsp3) is 0.207. The minimum absolute atomic E-state index is 0.00655. The molecule has 2 N–H and O–H groups in total. The van der Waals surface area contributed by atoms with Crippen molar-refractivity contribution in [3.8, 4) is 16.9 Å². The number of carbonyl (C=O) groups excluding carboxylic acids is 1. The number of alkyl halides is 3. The van der Waals surface area contributed by atoms with Crippen molar-refractivity contribution in [1.82, 2.24) is 19.5 Å². The molecule has 10 heteroatoms. The predicted octanol–water partition coefficient (Wildman–Crippen LogP) is 6.63. The van der Waals surface area contributed by atoms with E-state index < -0.39 is 17.6 Å². The molecule has 3 aromatic heterocycles. The number of aromatic nitrogens is 4. The number of hydrogen-bond acceptors (Lipinski definition) is 4. The maximum Gasteiger partial charge on any atom is 0.416 e. The van der Waals surface area contributed by atoms with E-state index in [1.165, 1.54) is 25.6 Å². The minimum Gasteiger partial charge on any atom is -0.495 e. The van der Waals surface area contributed by atoms with Gasteiger partial charge < -0.3 is 19.6 Å². The van der Waals surface area contributed by atoms with E-state index in [0.29, 0.717) is 28.9 Å². The summed E-state index contributed by atoms with van der Waals surface area (Å²) >= 11 is 0. The number of fused-ring (bicyclic) bond motifs is 1. The first-order valence-electron chi connectivity index (χ1n) is 12.3. The smallest absolute Gasteiger partial charge is 0.416 e. The molecule has 0 aliphatic rings. The molecule has 5 rings (SSSR count). The highest BCUT2D eigenvalue weighted by Crippen LogP contribution is 2.38. The van der Waals surface area contributed by atoms with Crippen LogP contribution in [-0.4, -0.2) is 32.5 Å². The average molecular weight is 534 g/mol. The molecule has 5 aromatic rings. The minimum atomic E-state index is -4.61. The number of methoxy groups -OCH3 is 1. The molecule has 2 aromatic carbocycles. The Morgan fingerprint density at radius 2 is 1.92 bits per heavy atom. The molecular formula is C29H26F3N5O2. The number of benzene rings is 2. The largest absolute Gasteiger partial charge is 0.495 e. The second-order valence-corrected chi connectivity index (χ2v) is 9.21. The van der Waals surface area contributed by atoms with Crippen molar-refractivity contribution < 1.29 is 22.7 Å². The van der Waals surface area contributed by atoms with Gasteiger partial charge >= 0.3 is 6.18 Å². The van der Waals surface area contributed by atoms with Crippen LogP contribution < -0.4 is 10.1 Å². The lowest BCUT2D eigenvalue weighted by atomic mass is 9.96. The Morgan fingerprint density at radius 3 is 2.64 bits per heavy atom. The zero-order valence-electron chi connectivity index (χ0n) is 21.6. The summed E-state index contributed by atoms with van der Waals surface area (Å²) in [6, 6.07) is 10.9. The number of ether oxygens (including phenoxy) is 1. The fourth-order valence-corrected chi connectivity index (χ4v) is 4.60. The predicted molar refractivity (Wildman–Crippen MR) is 143 cm³/mol. The third kappa shape index (κ3) is 5.22. The standard InChI is InChI=1S/C29H26F3N5O2/c1-4-19-15-37(16-35-19)14-18-6-7-20(12-25(18)29(30,31)32)36-28(38)21-8-5-17(2)11-23(21)24-13-34-27-22(9-10-33-27)26(24)39-3/h5-13,15-16H,4,14H2,1-3H3,(H,33,34)(H,36,38). The number of nitrogens with zero attached hydrogens (tertiary/aromatic N) is 3. The lowest BCUT2D eigenvalue weighted by Crippen LogP contribution is -2.16. The number of carbonyl (C=O) groups is 1. The molecule has 0 aliphatic carbocycles. The van der Waals surface area contributed by atoms with Crippen LogP contribution in [0.4, 0.5) is 18.9 Å². The molecule has 3 heterocycles. The Balaban J connectivity index is 1.49. The number of nitrogens with one attached hydrogen (secondary N) is 2. The van der Waals surface area contributed by atoms with Crippen LogP contribution in [0.25, 0.3) is 22.2 Å². The first-order valence-corrected chi connectivity index (χ1v) is 12.3. The van der Waals surface area contributed by atoms with Gasteiger partial charge in [0.25, 0.3) is 5.91 Å². The van der Waals surface area contributed by atoms with Crippen molar-refractivity contribution in [2.45, 2.75) is 33.0 Å². The van der Waals surface area contributed by atoms with Crippen LogP contribution in [0.2, 0.25) is 0 Å². The van der Waals surface area contributed by atoms with Crippen LogP contribution in [0.5, 0.6) is 5.75 Å². The second-order valence-electron chi connectivity index (χ2n) is 9.21. The van der Waals surface area contributed by atoms with Gasteiger partial charge in [-0.05, 0) is 48.7 Å². The third-order valence-electron chi connectivity index (χ3n) is 6.53. The summed E-state index contributed by atoms with van der Waals surface area (Å²) in [6.45, 7) is 3.82. The molecule has 0 radical (unpaired) electrons. The summed E-state index contributed by atoms with van der Waals surface area (Å²) in [6.07, 6.45) is 2.67. The average Bonchev–Trinajstić information content (AvgIpc) is 3.57. The molecule has 1 amide bonds. The third-order valence-corrected chi connectivity index (χ3v) is 6.53. The number of pyridine rings is 1. The van der Waals surface area contributed by atoms with Crippen LogP contribution in [0.1, 0.15) is 39.7 Å². The molecule has 200 valence electrons. The molecule has 39 heavy (non-hydrogen) atoms. The van der Waals surface area contributed by atoms with Gasteiger partial charge in [-0.25, -0.2) is 9.97 Å². The van der Waals surface area contributed by atoms with Gasteiger partial charge in [0.2, 0.25) is 0 Å². The SMILES string of the molecule is CCc1cn(Cc2ccc(NC(=O)c3ccc(C)cc3-c3cnc4[nH]ccc4c3OC)cc2C(F)(F)F)cn1. The van der Waals surface area contributed by atoms with E-state index in [9.17, 15) is 18.0 Å². The molecule has 0 saturated carbocycles. The summed E-state index contributed by atoms with van der Waals surface area (Å²) in [5, 5.41) is 3.40. The summed E-state index contributed by atoms with van der Waals surface area (Å²) in [4.78, 5) is 25.1. The number of aryl methyl sites for hydroxylation is 2. The van der Waals surface area contributed by atoms with E-state index in [-0.39, 0.29) is 23.4 Å². The highest BCUT2D eigenvalue weighted by molar-refractivity contribution is 6.10. The number of H-pyrrole nitrogens is 1. The summed E-state index contributed by atoms with van der Waals surface area (Å²) in [7, 11) is 1.54. The van der Waals surface area contributed by atoms with Crippen LogP contribution in [-0.2, 0) is 19.1 Å². The summed E-state index contributed by atoms with van der Waals surface area (Å²) in [5.41, 5.74) is 3.04. The first-order chi connectivity index (χ1) is 18.7. The fourth-order valence-electron chi connectivity index (χ4n) is 4.60. The number of amides is 1. The maximum absolute atomic E-state index is 14.0. The van der Waals surface area contributed by atoms with E-state index in [1.807, 2.05) is 26.0 Å². The van der Waals surface area contributed by atoms with Gasteiger partial charge in [-0.15, -0.1) is 0 Å². The lowest BCUT2D eigenvalue weighted by Gasteiger charge is -2.17.